The number of nitrogens with zero attached hydrogens (tertiary/aromatic N) is 1. The molecular weight excluding hydrogens is 291 g/mol. The van der Waals surface area contributed by atoms with Crippen molar-refractivity contribution in [2.45, 2.75) is 32.7 Å². The molecule has 2 atom stereocenters. The Morgan fingerprint density at radius 2 is 1.95 bits per heavy atom. The molecule has 1 aliphatic heterocycles. The second kappa shape index (κ2) is 5.76. The lowest BCUT2D eigenvalue weighted by Gasteiger charge is -2.23. The molecule has 121 valence electrons. The highest BCUT2D eigenvalue weighted by Gasteiger charge is 2.54. The third kappa shape index (κ3) is 3.57. The van der Waals surface area contributed by atoms with E-state index in [2.05, 4.69) is 23.5 Å². The maximum absolute atomic E-state index is 12.2. The lowest BCUT2D eigenvalue weighted by Crippen LogP contribution is -2.31. The van der Waals surface area contributed by atoms with Gasteiger partial charge in [0.25, 0.3) is 0 Å². The zero-order valence-electron chi connectivity index (χ0n) is 12.8. The number of alkyl halides is 3. The van der Waals surface area contributed by atoms with E-state index >= 15 is 0 Å². The van der Waals surface area contributed by atoms with E-state index in [9.17, 15) is 13.2 Å². The number of ether oxygens (including phenoxy) is 1. The molecule has 0 aromatic heterocycles. The molecule has 2 nitrogen and oxygen atoms in total. The summed E-state index contributed by atoms with van der Waals surface area (Å²) in [4.78, 5) is 2.50. The van der Waals surface area contributed by atoms with Crippen LogP contribution in [0.3, 0.4) is 0 Å². The molecule has 2 fully saturated rings. The third-order valence-electron chi connectivity index (χ3n) is 4.85. The number of halogens is 3. The fourth-order valence-electron chi connectivity index (χ4n) is 3.56. The molecule has 1 aliphatic carbocycles. The van der Waals surface area contributed by atoms with Crippen molar-refractivity contribution in [1.29, 1.82) is 0 Å². The molecule has 22 heavy (non-hydrogen) atoms. The topological polar surface area (TPSA) is 12.5 Å². The number of piperidine rings is 1. The SMILES string of the molecule is CC(C)N1CC2C(C[CH]c3cccc(OC(F)(F)F)c3)C2C1. The standard InChI is InChI=1S/C17H21F3NO/c1-11(2)21-9-15-14(16(15)10-21)7-6-12-4-3-5-13(8-12)22-17(18,19)20/h3-6,8,11,14-16H,7,9-10H2,1-2H3. The van der Waals surface area contributed by atoms with Crippen molar-refractivity contribution in [1.82, 2.24) is 4.90 Å². The Morgan fingerprint density at radius 3 is 2.55 bits per heavy atom. The molecule has 0 spiro atoms. The van der Waals surface area contributed by atoms with Crippen molar-refractivity contribution in [3.05, 3.63) is 36.2 Å². The van der Waals surface area contributed by atoms with Crippen LogP contribution in [-0.4, -0.2) is 30.4 Å². The molecule has 1 aromatic carbocycles. The van der Waals surface area contributed by atoms with Gasteiger partial charge in [-0.05, 0) is 62.1 Å². The lowest BCUT2D eigenvalue weighted by molar-refractivity contribution is -0.274. The third-order valence-corrected chi connectivity index (χ3v) is 4.85. The van der Waals surface area contributed by atoms with Gasteiger partial charge in [-0.25, -0.2) is 0 Å². The molecule has 5 heteroatoms. The van der Waals surface area contributed by atoms with E-state index in [1.165, 1.54) is 12.1 Å². The second-order valence-corrected chi connectivity index (χ2v) is 6.60. The largest absolute Gasteiger partial charge is 0.573 e. The van der Waals surface area contributed by atoms with Crippen LogP contribution >= 0.6 is 0 Å². The van der Waals surface area contributed by atoms with Crippen molar-refractivity contribution < 1.29 is 17.9 Å². The highest BCUT2D eigenvalue weighted by Crippen LogP contribution is 2.54. The number of rotatable bonds is 5. The smallest absolute Gasteiger partial charge is 0.406 e. The minimum absolute atomic E-state index is 0.150. The first-order valence-electron chi connectivity index (χ1n) is 7.76. The molecule has 0 N–H and O–H groups in total. The Labute approximate surface area is 129 Å². The van der Waals surface area contributed by atoms with Gasteiger partial charge in [0, 0.05) is 19.1 Å². The predicted octanol–water partition coefficient (Wildman–Crippen LogP) is 4.11. The van der Waals surface area contributed by atoms with Gasteiger partial charge in [-0.2, -0.15) is 0 Å². The minimum atomic E-state index is -4.63. The molecule has 1 radical (unpaired) electrons. The van der Waals surface area contributed by atoms with Gasteiger partial charge < -0.3 is 9.64 Å². The highest BCUT2D eigenvalue weighted by atomic mass is 19.4. The van der Waals surface area contributed by atoms with E-state index in [0.29, 0.717) is 12.0 Å². The van der Waals surface area contributed by atoms with Crippen molar-refractivity contribution >= 4 is 0 Å². The Morgan fingerprint density at radius 1 is 1.27 bits per heavy atom. The summed E-state index contributed by atoms with van der Waals surface area (Å²) in [6, 6.07) is 6.81. The van der Waals surface area contributed by atoms with Gasteiger partial charge >= 0.3 is 6.36 Å². The summed E-state index contributed by atoms with van der Waals surface area (Å²) in [5, 5.41) is 0. The predicted molar refractivity (Wildman–Crippen MR) is 78.3 cm³/mol. The van der Waals surface area contributed by atoms with Gasteiger partial charge in [-0.3, -0.25) is 0 Å². The zero-order chi connectivity index (χ0) is 15.9. The summed E-state index contributed by atoms with van der Waals surface area (Å²) in [6.45, 7) is 6.77. The van der Waals surface area contributed by atoms with E-state index in [1.807, 2.05) is 12.5 Å². The normalized spacial score (nSPS) is 28.0. The molecule has 1 aromatic rings. The first kappa shape index (κ1) is 15.7. The molecule has 2 aliphatic rings. The number of benzene rings is 1. The highest BCUT2D eigenvalue weighted by molar-refractivity contribution is 5.33. The summed E-state index contributed by atoms with van der Waals surface area (Å²) in [7, 11) is 0. The average Bonchev–Trinajstić information content (AvgIpc) is 2.86. The lowest BCUT2D eigenvalue weighted by atomic mass is 10.0. The Bertz CT molecular complexity index is 517. The van der Waals surface area contributed by atoms with E-state index in [1.54, 1.807) is 6.07 Å². The number of fused-ring (bicyclic) bond motifs is 1. The molecule has 0 bridgehead atoms. The summed E-state index contributed by atoms with van der Waals surface area (Å²) in [5.74, 6) is 2.09. The van der Waals surface area contributed by atoms with E-state index in [0.717, 1.165) is 36.9 Å². The molecule has 3 rings (SSSR count). The zero-order valence-corrected chi connectivity index (χ0v) is 12.8. The van der Waals surface area contributed by atoms with Crippen LogP contribution < -0.4 is 4.74 Å². The summed E-state index contributed by atoms with van der Waals surface area (Å²) in [6.07, 6.45) is -1.66. The summed E-state index contributed by atoms with van der Waals surface area (Å²) >= 11 is 0. The van der Waals surface area contributed by atoms with Gasteiger partial charge in [0.15, 0.2) is 0 Å². The monoisotopic (exact) mass is 312 g/mol. The number of hydrogen-bond acceptors (Lipinski definition) is 2. The van der Waals surface area contributed by atoms with E-state index < -0.39 is 6.36 Å². The van der Waals surface area contributed by atoms with Crippen LogP contribution in [0.25, 0.3) is 0 Å². The number of likely N-dealkylation sites (tertiary alicyclic amines) is 1. The van der Waals surface area contributed by atoms with Crippen LogP contribution in [0.2, 0.25) is 0 Å². The van der Waals surface area contributed by atoms with Crippen LogP contribution in [0.15, 0.2) is 24.3 Å². The van der Waals surface area contributed by atoms with Crippen molar-refractivity contribution in [3.63, 3.8) is 0 Å². The van der Waals surface area contributed by atoms with Crippen LogP contribution in [0.4, 0.5) is 13.2 Å². The van der Waals surface area contributed by atoms with Crippen LogP contribution in [0, 0.1) is 24.2 Å². The molecule has 1 saturated heterocycles. The van der Waals surface area contributed by atoms with Gasteiger partial charge in [0.1, 0.15) is 5.75 Å². The van der Waals surface area contributed by atoms with Crippen molar-refractivity contribution in [2.75, 3.05) is 13.1 Å². The average molecular weight is 312 g/mol. The first-order valence-corrected chi connectivity index (χ1v) is 7.76. The quantitative estimate of drug-likeness (QED) is 0.811. The Hall–Kier alpha value is -1.23. The second-order valence-electron chi connectivity index (χ2n) is 6.60. The van der Waals surface area contributed by atoms with Gasteiger partial charge in [-0.15, -0.1) is 13.2 Å². The minimum Gasteiger partial charge on any atom is -0.406 e. The molecule has 2 unspecified atom stereocenters. The first-order chi connectivity index (χ1) is 10.3. The van der Waals surface area contributed by atoms with Crippen LogP contribution in [0.5, 0.6) is 5.75 Å². The van der Waals surface area contributed by atoms with Crippen molar-refractivity contribution in [2.24, 2.45) is 17.8 Å². The Kier molecular flexibility index (Phi) is 4.10. The van der Waals surface area contributed by atoms with Gasteiger partial charge in [0.2, 0.25) is 0 Å². The van der Waals surface area contributed by atoms with Crippen molar-refractivity contribution in [3.8, 4) is 5.75 Å². The fraction of sp³-hybridized carbons (Fsp3) is 0.588. The van der Waals surface area contributed by atoms with Crippen LogP contribution in [-0.2, 0) is 0 Å². The summed E-state index contributed by atoms with van der Waals surface area (Å²) in [5.41, 5.74) is 0.799. The van der Waals surface area contributed by atoms with Gasteiger partial charge in [-0.1, -0.05) is 12.1 Å². The summed E-state index contributed by atoms with van der Waals surface area (Å²) < 4.78 is 40.6. The van der Waals surface area contributed by atoms with E-state index in [4.69, 9.17) is 0 Å². The molecular formula is C17H21F3NO. The molecule has 1 heterocycles. The maximum Gasteiger partial charge on any atom is 0.573 e. The van der Waals surface area contributed by atoms with Crippen LogP contribution in [0.1, 0.15) is 25.8 Å². The Balaban J connectivity index is 1.49. The fourth-order valence-corrected chi connectivity index (χ4v) is 3.56. The van der Waals surface area contributed by atoms with E-state index in [-0.39, 0.29) is 5.75 Å². The molecule has 1 saturated carbocycles. The van der Waals surface area contributed by atoms with Gasteiger partial charge in [0.05, 0.1) is 0 Å². The molecule has 0 amide bonds. The maximum atomic E-state index is 12.2. The number of hydrogen-bond donors (Lipinski definition) is 0.